The highest BCUT2D eigenvalue weighted by Gasteiger charge is 2.29. The lowest BCUT2D eigenvalue weighted by Gasteiger charge is -2.22. The first kappa shape index (κ1) is 13.8. The molecule has 0 aliphatic rings. The predicted molar refractivity (Wildman–Crippen MR) is 67.5 cm³/mol. The van der Waals surface area contributed by atoms with Crippen LogP contribution in [0.1, 0.15) is 19.4 Å². The van der Waals surface area contributed by atoms with Gasteiger partial charge in [-0.05, 0) is 38.5 Å². The van der Waals surface area contributed by atoms with E-state index >= 15 is 0 Å². The zero-order valence-corrected chi connectivity index (χ0v) is 11.3. The number of benzene rings is 1. The quantitative estimate of drug-likeness (QED) is 0.776. The van der Waals surface area contributed by atoms with Gasteiger partial charge in [0.05, 0.1) is 17.5 Å². The molecule has 0 spiro atoms. The first-order chi connectivity index (χ1) is 7.86. The molecular formula is C13H17ClO3. The summed E-state index contributed by atoms with van der Waals surface area (Å²) in [5, 5.41) is 0.538. The molecule has 3 nitrogen and oxygen atoms in total. The summed E-state index contributed by atoms with van der Waals surface area (Å²) < 4.78 is 10.3. The highest BCUT2D eigenvalue weighted by atomic mass is 35.5. The Bertz CT molecular complexity index is 413. The first-order valence-corrected chi connectivity index (χ1v) is 5.72. The standard InChI is InChI=1S/C13H17ClO3/c1-9-5-6-10(14)11(7-9)17-8-13(2,3)12(15)16-4/h5-7H,8H2,1-4H3. The van der Waals surface area contributed by atoms with Gasteiger partial charge in [0.2, 0.25) is 0 Å². The highest BCUT2D eigenvalue weighted by Crippen LogP contribution is 2.27. The van der Waals surface area contributed by atoms with Crippen LogP contribution < -0.4 is 4.74 Å². The molecule has 0 N–H and O–H groups in total. The van der Waals surface area contributed by atoms with Gasteiger partial charge in [-0.2, -0.15) is 0 Å². The summed E-state index contributed by atoms with van der Waals surface area (Å²) in [7, 11) is 1.36. The lowest BCUT2D eigenvalue weighted by molar-refractivity contribution is -0.152. The van der Waals surface area contributed by atoms with Crippen molar-refractivity contribution in [1.29, 1.82) is 0 Å². The fourth-order valence-electron chi connectivity index (χ4n) is 1.31. The van der Waals surface area contributed by atoms with E-state index in [1.807, 2.05) is 19.1 Å². The van der Waals surface area contributed by atoms with Crippen LogP contribution in [0, 0.1) is 12.3 Å². The van der Waals surface area contributed by atoms with E-state index < -0.39 is 5.41 Å². The molecule has 0 aliphatic carbocycles. The van der Waals surface area contributed by atoms with E-state index in [1.165, 1.54) is 7.11 Å². The minimum Gasteiger partial charge on any atom is -0.491 e. The van der Waals surface area contributed by atoms with Crippen molar-refractivity contribution in [3.63, 3.8) is 0 Å². The predicted octanol–water partition coefficient (Wildman–Crippen LogP) is 3.23. The lowest BCUT2D eigenvalue weighted by atomic mass is 9.95. The van der Waals surface area contributed by atoms with Crippen LogP contribution in [-0.2, 0) is 9.53 Å². The number of carbonyl (C=O) groups is 1. The van der Waals surface area contributed by atoms with Gasteiger partial charge in [-0.3, -0.25) is 4.79 Å². The van der Waals surface area contributed by atoms with Crippen LogP contribution in [0.15, 0.2) is 18.2 Å². The van der Waals surface area contributed by atoms with Crippen molar-refractivity contribution in [2.45, 2.75) is 20.8 Å². The number of carbonyl (C=O) groups excluding carboxylic acids is 1. The Balaban J connectivity index is 2.73. The molecular weight excluding hydrogens is 240 g/mol. The van der Waals surface area contributed by atoms with Crippen molar-refractivity contribution < 1.29 is 14.3 Å². The Morgan fingerprint density at radius 3 is 2.65 bits per heavy atom. The summed E-state index contributed by atoms with van der Waals surface area (Å²) in [4.78, 5) is 11.5. The van der Waals surface area contributed by atoms with Crippen molar-refractivity contribution in [2.24, 2.45) is 5.41 Å². The maximum Gasteiger partial charge on any atom is 0.314 e. The summed E-state index contributed by atoms with van der Waals surface area (Å²) in [6, 6.07) is 5.52. The summed E-state index contributed by atoms with van der Waals surface area (Å²) >= 11 is 6.00. The number of halogens is 1. The van der Waals surface area contributed by atoms with Gasteiger partial charge in [0.25, 0.3) is 0 Å². The molecule has 0 heterocycles. The number of hydrogen-bond donors (Lipinski definition) is 0. The SMILES string of the molecule is COC(=O)C(C)(C)COc1cc(C)ccc1Cl. The van der Waals surface area contributed by atoms with Crippen molar-refractivity contribution in [3.05, 3.63) is 28.8 Å². The summed E-state index contributed by atoms with van der Waals surface area (Å²) in [6.45, 7) is 5.71. The Labute approximate surface area is 107 Å². The van der Waals surface area contributed by atoms with Gasteiger partial charge in [-0.15, -0.1) is 0 Å². The molecule has 0 aliphatic heterocycles. The zero-order valence-electron chi connectivity index (χ0n) is 10.5. The van der Waals surface area contributed by atoms with Crippen LogP contribution in [0.4, 0.5) is 0 Å². The summed E-state index contributed by atoms with van der Waals surface area (Å²) in [5.74, 6) is 0.282. The van der Waals surface area contributed by atoms with Crippen LogP contribution in [0.3, 0.4) is 0 Å². The molecule has 94 valence electrons. The minimum absolute atomic E-state index is 0.225. The largest absolute Gasteiger partial charge is 0.491 e. The van der Waals surface area contributed by atoms with Gasteiger partial charge in [-0.1, -0.05) is 17.7 Å². The third kappa shape index (κ3) is 3.63. The third-order valence-corrected chi connectivity index (χ3v) is 2.73. The number of ether oxygens (including phenoxy) is 2. The normalized spacial score (nSPS) is 11.1. The molecule has 1 aromatic rings. The van der Waals surface area contributed by atoms with Crippen LogP contribution in [0.5, 0.6) is 5.75 Å². The molecule has 0 saturated carbocycles. The average Bonchev–Trinajstić information content (AvgIpc) is 2.29. The first-order valence-electron chi connectivity index (χ1n) is 5.34. The topological polar surface area (TPSA) is 35.5 Å². The Morgan fingerprint density at radius 2 is 2.06 bits per heavy atom. The molecule has 0 unspecified atom stereocenters. The zero-order chi connectivity index (χ0) is 13.1. The highest BCUT2D eigenvalue weighted by molar-refractivity contribution is 6.32. The molecule has 0 radical (unpaired) electrons. The molecule has 0 amide bonds. The number of methoxy groups -OCH3 is 1. The average molecular weight is 257 g/mol. The second-order valence-electron chi connectivity index (χ2n) is 4.60. The molecule has 0 saturated heterocycles. The second kappa shape index (κ2) is 5.41. The summed E-state index contributed by atoms with van der Waals surface area (Å²) in [6.07, 6.45) is 0. The fraction of sp³-hybridized carbons (Fsp3) is 0.462. The molecule has 4 heteroatoms. The van der Waals surface area contributed by atoms with E-state index in [1.54, 1.807) is 19.9 Å². The van der Waals surface area contributed by atoms with Gasteiger partial charge >= 0.3 is 5.97 Å². The van der Waals surface area contributed by atoms with Crippen molar-refractivity contribution >= 4 is 17.6 Å². The number of esters is 1. The monoisotopic (exact) mass is 256 g/mol. The molecule has 17 heavy (non-hydrogen) atoms. The van der Waals surface area contributed by atoms with Crippen LogP contribution in [0.2, 0.25) is 5.02 Å². The molecule has 1 aromatic carbocycles. The molecule has 0 atom stereocenters. The maximum atomic E-state index is 11.5. The molecule has 0 fully saturated rings. The lowest BCUT2D eigenvalue weighted by Crippen LogP contribution is -2.32. The van der Waals surface area contributed by atoms with Gasteiger partial charge < -0.3 is 9.47 Å². The maximum absolute atomic E-state index is 11.5. The van der Waals surface area contributed by atoms with Crippen LogP contribution in [0.25, 0.3) is 0 Å². The van der Waals surface area contributed by atoms with E-state index in [0.29, 0.717) is 10.8 Å². The Hall–Kier alpha value is -1.22. The minimum atomic E-state index is -0.693. The number of hydrogen-bond acceptors (Lipinski definition) is 3. The van der Waals surface area contributed by atoms with Gasteiger partial charge in [0.1, 0.15) is 12.4 Å². The van der Waals surface area contributed by atoms with Gasteiger partial charge in [0, 0.05) is 0 Å². The third-order valence-electron chi connectivity index (χ3n) is 2.41. The summed E-state index contributed by atoms with van der Waals surface area (Å²) in [5.41, 5.74) is 0.363. The van der Waals surface area contributed by atoms with E-state index in [2.05, 4.69) is 0 Å². The Kier molecular flexibility index (Phi) is 4.40. The van der Waals surface area contributed by atoms with E-state index in [-0.39, 0.29) is 12.6 Å². The second-order valence-corrected chi connectivity index (χ2v) is 5.01. The molecule has 1 rings (SSSR count). The van der Waals surface area contributed by atoms with Gasteiger partial charge in [-0.25, -0.2) is 0 Å². The fourth-order valence-corrected chi connectivity index (χ4v) is 1.49. The van der Waals surface area contributed by atoms with Crippen molar-refractivity contribution in [1.82, 2.24) is 0 Å². The Morgan fingerprint density at radius 1 is 1.41 bits per heavy atom. The van der Waals surface area contributed by atoms with Crippen molar-refractivity contribution in [3.8, 4) is 5.75 Å². The number of rotatable bonds is 4. The van der Waals surface area contributed by atoms with Crippen LogP contribution in [-0.4, -0.2) is 19.7 Å². The van der Waals surface area contributed by atoms with Crippen LogP contribution >= 0.6 is 11.6 Å². The molecule has 0 bridgehead atoms. The van der Waals surface area contributed by atoms with Gasteiger partial charge in [0.15, 0.2) is 0 Å². The van der Waals surface area contributed by atoms with Crippen molar-refractivity contribution in [2.75, 3.05) is 13.7 Å². The smallest absolute Gasteiger partial charge is 0.314 e. The van der Waals surface area contributed by atoms with E-state index in [4.69, 9.17) is 21.1 Å². The molecule has 0 aromatic heterocycles. The van der Waals surface area contributed by atoms with E-state index in [0.717, 1.165) is 5.56 Å². The number of aryl methyl sites for hydroxylation is 1. The van der Waals surface area contributed by atoms with E-state index in [9.17, 15) is 4.79 Å².